The lowest BCUT2D eigenvalue weighted by Crippen LogP contribution is -1.83. The zero-order valence-corrected chi connectivity index (χ0v) is 12.9. The first-order chi connectivity index (χ1) is 8.72. The van der Waals surface area contributed by atoms with Gasteiger partial charge in [-0.2, -0.15) is 0 Å². The first-order valence-corrected chi connectivity index (χ1v) is 7.96. The second-order valence-corrected chi connectivity index (χ2v) is 6.87. The van der Waals surface area contributed by atoms with Crippen molar-refractivity contribution in [1.82, 2.24) is 0 Å². The van der Waals surface area contributed by atoms with Gasteiger partial charge in [0.05, 0.1) is 0 Å². The van der Waals surface area contributed by atoms with Crippen LogP contribution in [0.4, 0.5) is 0 Å². The lowest BCUT2D eigenvalue weighted by Gasteiger charge is -2.07. The summed E-state index contributed by atoms with van der Waals surface area (Å²) < 4.78 is 1.09. The van der Waals surface area contributed by atoms with E-state index in [1.807, 2.05) is 18.2 Å². The number of rotatable bonds is 2. The van der Waals surface area contributed by atoms with Crippen LogP contribution in [0.15, 0.2) is 50.7 Å². The van der Waals surface area contributed by atoms with Crippen LogP contribution in [0, 0.1) is 0 Å². The Bertz CT molecular complexity index is 595. The molecule has 0 nitrogen and oxygen atoms in total. The molecule has 0 unspecified atom stereocenters. The summed E-state index contributed by atoms with van der Waals surface area (Å²) in [5.41, 5.74) is 3.03. The number of hydrogen-bond acceptors (Lipinski definition) is 1. The van der Waals surface area contributed by atoms with E-state index in [1.54, 1.807) is 11.8 Å². The highest BCUT2D eigenvalue weighted by atomic mass is 79.9. The quantitative estimate of drug-likeness (QED) is 0.672. The van der Waals surface area contributed by atoms with E-state index in [4.69, 9.17) is 11.6 Å². The zero-order chi connectivity index (χ0) is 12.5. The predicted octanol–water partition coefficient (Wildman–Crippen LogP) is 5.74. The van der Waals surface area contributed by atoms with E-state index in [1.165, 1.54) is 40.2 Å². The molecule has 0 fully saturated rings. The van der Waals surface area contributed by atoms with Gasteiger partial charge in [-0.1, -0.05) is 29.4 Å². The van der Waals surface area contributed by atoms with Crippen LogP contribution in [0.3, 0.4) is 0 Å². The first-order valence-electron chi connectivity index (χ1n) is 5.97. The van der Waals surface area contributed by atoms with Gasteiger partial charge in [0.2, 0.25) is 0 Å². The third-order valence-corrected chi connectivity index (χ3v) is 5.43. The van der Waals surface area contributed by atoms with E-state index < -0.39 is 0 Å². The van der Waals surface area contributed by atoms with Crippen molar-refractivity contribution < 1.29 is 0 Å². The standard InChI is InChI=1S/C15H12BrClS/c16-14-7-5-12(17)9-15(14)18-13-6-4-10-2-1-3-11(10)8-13/h4-9H,1-3H2. The highest BCUT2D eigenvalue weighted by Crippen LogP contribution is 2.37. The Balaban J connectivity index is 1.90. The third kappa shape index (κ3) is 2.61. The molecule has 0 radical (unpaired) electrons. The van der Waals surface area contributed by atoms with Crippen LogP contribution >= 0.6 is 39.3 Å². The molecule has 0 aromatic heterocycles. The topological polar surface area (TPSA) is 0 Å². The Labute approximate surface area is 125 Å². The average Bonchev–Trinajstić information content (AvgIpc) is 2.81. The van der Waals surface area contributed by atoms with Crippen molar-refractivity contribution in [3.05, 3.63) is 57.0 Å². The predicted molar refractivity (Wildman–Crippen MR) is 81.7 cm³/mol. The molecule has 0 saturated heterocycles. The molecule has 1 aliphatic rings. The fraction of sp³-hybridized carbons (Fsp3) is 0.200. The van der Waals surface area contributed by atoms with Crippen molar-refractivity contribution in [2.45, 2.75) is 29.1 Å². The van der Waals surface area contributed by atoms with Gasteiger partial charge >= 0.3 is 0 Å². The normalized spacial score (nSPS) is 13.7. The van der Waals surface area contributed by atoms with Crippen molar-refractivity contribution in [1.29, 1.82) is 0 Å². The largest absolute Gasteiger partial charge is 0.0889 e. The summed E-state index contributed by atoms with van der Waals surface area (Å²) >= 11 is 11.4. The zero-order valence-electron chi connectivity index (χ0n) is 9.75. The maximum absolute atomic E-state index is 6.04. The second-order valence-electron chi connectivity index (χ2n) is 4.46. The van der Waals surface area contributed by atoms with E-state index in [0.717, 1.165) is 9.50 Å². The molecule has 0 N–H and O–H groups in total. The summed E-state index contributed by atoms with van der Waals surface area (Å²) in [4.78, 5) is 2.46. The minimum absolute atomic E-state index is 0.780. The Morgan fingerprint density at radius 1 is 1.00 bits per heavy atom. The molecular formula is C15H12BrClS. The maximum Gasteiger partial charge on any atom is 0.0418 e. The summed E-state index contributed by atoms with van der Waals surface area (Å²) in [6, 6.07) is 12.7. The van der Waals surface area contributed by atoms with Crippen LogP contribution in [-0.4, -0.2) is 0 Å². The van der Waals surface area contributed by atoms with Crippen LogP contribution in [-0.2, 0) is 12.8 Å². The summed E-state index contributed by atoms with van der Waals surface area (Å²) in [5.74, 6) is 0. The minimum atomic E-state index is 0.780. The van der Waals surface area contributed by atoms with Crippen LogP contribution in [0.25, 0.3) is 0 Å². The molecule has 0 bridgehead atoms. The summed E-state index contributed by atoms with van der Waals surface area (Å²) in [7, 11) is 0. The second kappa shape index (κ2) is 5.28. The van der Waals surface area contributed by atoms with E-state index >= 15 is 0 Å². The van der Waals surface area contributed by atoms with Gasteiger partial charge in [-0.25, -0.2) is 0 Å². The van der Waals surface area contributed by atoms with Gasteiger partial charge in [-0.3, -0.25) is 0 Å². The Hall–Kier alpha value is -0.440. The Morgan fingerprint density at radius 3 is 2.72 bits per heavy atom. The molecule has 0 saturated carbocycles. The molecule has 18 heavy (non-hydrogen) atoms. The first kappa shape index (κ1) is 12.6. The Morgan fingerprint density at radius 2 is 1.83 bits per heavy atom. The third-order valence-electron chi connectivity index (χ3n) is 3.19. The van der Waals surface area contributed by atoms with Crippen molar-refractivity contribution in [3.63, 3.8) is 0 Å². The van der Waals surface area contributed by atoms with Crippen LogP contribution < -0.4 is 0 Å². The van der Waals surface area contributed by atoms with Crippen LogP contribution in [0.5, 0.6) is 0 Å². The molecule has 0 amide bonds. The van der Waals surface area contributed by atoms with Crippen molar-refractivity contribution >= 4 is 39.3 Å². The van der Waals surface area contributed by atoms with Crippen LogP contribution in [0.1, 0.15) is 17.5 Å². The molecule has 3 rings (SSSR count). The fourth-order valence-corrected chi connectivity index (χ4v) is 3.96. The average molecular weight is 340 g/mol. The van der Waals surface area contributed by atoms with E-state index in [2.05, 4.69) is 34.1 Å². The molecule has 2 aromatic carbocycles. The SMILES string of the molecule is Clc1ccc(Br)c(Sc2ccc3c(c2)CCC3)c1. The fourth-order valence-electron chi connectivity index (χ4n) is 2.29. The van der Waals surface area contributed by atoms with Gasteiger partial charge in [0.1, 0.15) is 0 Å². The van der Waals surface area contributed by atoms with Crippen molar-refractivity contribution in [2.24, 2.45) is 0 Å². The van der Waals surface area contributed by atoms with Gasteiger partial charge in [-0.15, -0.1) is 0 Å². The monoisotopic (exact) mass is 338 g/mol. The summed E-state index contributed by atoms with van der Waals surface area (Å²) in [6.07, 6.45) is 3.76. The lowest BCUT2D eigenvalue weighted by molar-refractivity contribution is 0.911. The van der Waals surface area contributed by atoms with Gasteiger partial charge in [0, 0.05) is 19.3 Å². The summed E-state index contributed by atoms with van der Waals surface area (Å²) in [5, 5.41) is 0.780. The van der Waals surface area contributed by atoms with Gasteiger partial charge < -0.3 is 0 Å². The highest BCUT2D eigenvalue weighted by molar-refractivity contribution is 9.10. The lowest BCUT2D eigenvalue weighted by atomic mass is 10.1. The highest BCUT2D eigenvalue weighted by Gasteiger charge is 2.11. The molecule has 2 aromatic rings. The molecular weight excluding hydrogens is 328 g/mol. The number of hydrogen-bond donors (Lipinski definition) is 0. The van der Waals surface area contributed by atoms with E-state index in [0.29, 0.717) is 0 Å². The number of fused-ring (bicyclic) bond motifs is 1. The molecule has 0 heterocycles. The number of benzene rings is 2. The van der Waals surface area contributed by atoms with Crippen molar-refractivity contribution in [2.75, 3.05) is 0 Å². The van der Waals surface area contributed by atoms with Gasteiger partial charge in [-0.05, 0) is 76.7 Å². The number of aryl methyl sites for hydroxylation is 2. The molecule has 0 aliphatic heterocycles. The van der Waals surface area contributed by atoms with Crippen molar-refractivity contribution in [3.8, 4) is 0 Å². The Kier molecular flexibility index (Phi) is 3.69. The molecule has 0 spiro atoms. The molecule has 0 atom stereocenters. The number of halogens is 2. The molecule has 3 heteroatoms. The van der Waals surface area contributed by atoms with E-state index in [9.17, 15) is 0 Å². The van der Waals surface area contributed by atoms with E-state index in [-0.39, 0.29) is 0 Å². The smallest absolute Gasteiger partial charge is 0.0418 e. The van der Waals surface area contributed by atoms with Crippen LogP contribution in [0.2, 0.25) is 5.02 Å². The van der Waals surface area contributed by atoms with Gasteiger partial charge in [0.15, 0.2) is 0 Å². The maximum atomic E-state index is 6.04. The summed E-state index contributed by atoms with van der Waals surface area (Å²) in [6.45, 7) is 0. The van der Waals surface area contributed by atoms with Gasteiger partial charge in [0.25, 0.3) is 0 Å². The molecule has 92 valence electrons. The minimum Gasteiger partial charge on any atom is -0.0889 e. The molecule has 1 aliphatic carbocycles.